The van der Waals surface area contributed by atoms with Crippen LogP contribution in [0.25, 0.3) is 10.2 Å². The lowest BCUT2D eigenvalue weighted by Gasteiger charge is -2.34. The van der Waals surface area contributed by atoms with Gasteiger partial charge < -0.3 is 14.5 Å². The zero-order valence-corrected chi connectivity index (χ0v) is 19.8. The number of hydrogen-bond acceptors (Lipinski definition) is 6. The predicted molar refractivity (Wildman–Crippen MR) is 129 cm³/mol. The molecule has 2 aliphatic rings. The summed E-state index contributed by atoms with van der Waals surface area (Å²) in [4.78, 5) is 22.1. The quantitative estimate of drug-likeness (QED) is 0.448. The van der Waals surface area contributed by atoms with Crippen LogP contribution in [-0.2, 0) is 13.0 Å². The number of likely N-dealkylation sites (N-methyl/N-ethyl adjacent to an activating group) is 1. The Morgan fingerprint density at radius 3 is 2.94 bits per heavy atom. The summed E-state index contributed by atoms with van der Waals surface area (Å²) < 4.78 is 23.1. The summed E-state index contributed by atoms with van der Waals surface area (Å²) in [5.41, 5.74) is 3.91. The maximum absolute atomic E-state index is 14.1. The van der Waals surface area contributed by atoms with E-state index in [0.717, 1.165) is 32.2 Å². The minimum atomic E-state index is -0.271. The zero-order valence-electron chi connectivity index (χ0n) is 19.0. The van der Waals surface area contributed by atoms with Crippen LogP contribution < -0.4 is 9.64 Å². The molecule has 6 rings (SSSR count). The van der Waals surface area contributed by atoms with Crippen LogP contribution in [0.2, 0.25) is 0 Å². The summed E-state index contributed by atoms with van der Waals surface area (Å²) in [5.74, 6) is 0.452. The third-order valence-corrected chi connectivity index (χ3v) is 7.55. The number of aromatic nitrogens is 3. The number of rotatable bonds is 3. The van der Waals surface area contributed by atoms with Crippen molar-refractivity contribution in [3.8, 4) is 5.75 Å². The van der Waals surface area contributed by atoms with Crippen molar-refractivity contribution in [1.82, 2.24) is 19.7 Å². The molecule has 174 valence electrons. The van der Waals surface area contributed by atoms with Gasteiger partial charge in [0, 0.05) is 37.5 Å². The smallest absolute Gasteiger partial charge is 0.275 e. The summed E-state index contributed by atoms with van der Waals surface area (Å²) >= 11 is 1.66. The molecule has 0 saturated heterocycles. The number of carbonyl (C=O) groups excluding carboxylic acids is 1. The molecule has 0 radical (unpaired) electrons. The van der Waals surface area contributed by atoms with E-state index in [9.17, 15) is 9.18 Å². The van der Waals surface area contributed by atoms with E-state index in [4.69, 9.17) is 4.74 Å². The second-order valence-electron chi connectivity index (χ2n) is 8.88. The molecule has 2 aromatic heterocycles. The first kappa shape index (κ1) is 21.1. The molecule has 0 spiro atoms. The Morgan fingerprint density at radius 1 is 1.24 bits per heavy atom. The first-order chi connectivity index (χ1) is 16.5. The molecule has 0 unspecified atom stereocenters. The fraction of sp³-hybridized carbons (Fsp3) is 0.320. The van der Waals surface area contributed by atoms with Crippen molar-refractivity contribution in [1.29, 1.82) is 0 Å². The van der Waals surface area contributed by atoms with Crippen molar-refractivity contribution in [3.63, 3.8) is 0 Å². The summed E-state index contributed by atoms with van der Waals surface area (Å²) in [5, 5.41) is 5.55. The molecule has 4 aromatic rings. The number of ether oxygens (including phenoxy) is 1. The van der Waals surface area contributed by atoms with E-state index in [1.54, 1.807) is 34.2 Å². The van der Waals surface area contributed by atoms with E-state index < -0.39 is 0 Å². The first-order valence-electron chi connectivity index (χ1n) is 11.3. The second kappa shape index (κ2) is 8.09. The summed E-state index contributed by atoms with van der Waals surface area (Å²) in [6, 6.07) is 10.5. The lowest BCUT2D eigenvalue weighted by atomic mass is 10.0. The van der Waals surface area contributed by atoms with Gasteiger partial charge in [0.15, 0.2) is 5.69 Å². The number of halogens is 1. The number of thiazole rings is 1. The Balaban J connectivity index is 1.25. The van der Waals surface area contributed by atoms with Crippen molar-refractivity contribution in [2.45, 2.75) is 25.9 Å². The Labute approximate surface area is 200 Å². The van der Waals surface area contributed by atoms with Crippen molar-refractivity contribution in [2.24, 2.45) is 0 Å². The highest BCUT2D eigenvalue weighted by molar-refractivity contribution is 7.19. The van der Waals surface area contributed by atoms with E-state index in [1.165, 1.54) is 6.07 Å². The highest BCUT2D eigenvalue weighted by atomic mass is 32.1. The molecule has 0 bridgehead atoms. The van der Waals surface area contributed by atoms with Gasteiger partial charge in [-0.2, -0.15) is 5.10 Å². The molecule has 0 saturated carbocycles. The van der Waals surface area contributed by atoms with Crippen molar-refractivity contribution in [3.05, 3.63) is 70.2 Å². The molecule has 4 heterocycles. The lowest BCUT2D eigenvalue weighted by Crippen LogP contribution is -2.51. The van der Waals surface area contributed by atoms with E-state index >= 15 is 0 Å². The molecular formula is C25H24FN5O2S. The molecule has 1 amide bonds. The third kappa shape index (κ3) is 3.51. The summed E-state index contributed by atoms with van der Waals surface area (Å²) in [7, 11) is 2.04. The molecule has 2 aromatic carbocycles. The van der Waals surface area contributed by atoms with Crippen molar-refractivity contribution in [2.75, 3.05) is 31.6 Å². The zero-order chi connectivity index (χ0) is 23.4. The van der Waals surface area contributed by atoms with Gasteiger partial charge in [0.05, 0.1) is 33.5 Å². The lowest BCUT2D eigenvalue weighted by molar-refractivity contribution is 0.0604. The SMILES string of the molecule is Cc1nc2ccc3c(c2s1)N(C)C[C@H](N1CCc2cn(Cc4ccccc4F)nc2C1=O)CO3. The average Bonchev–Trinajstić information content (AvgIpc) is 3.36. The van der Waals surface area contributed by atoms with Gasteiger partial charge in [-0.25, -0.2) is 9.37 Å². The van der Waals surface area contributed by atoms with Gasteiger partial charge in [-0.15, -0.1) is 11.3 Å². The van der Waals surface area contributed by atoms with Crippen LogP contribution in [0.5, 0.6) is 5.75 Å². The molecule has 9 heteroatoms. The fourth-order valence-electron chi connectivity index (χ4n) is 4.92. The van der Waals surface area contributed by atoms with Gasteiger partial charge in [0.2, 0.25) is 0 Å². The number of aryl methyl sites for hydroxylation is 1. The van der Waals surface area contributed by atoms with Crippen LogP contribution in [-0.4, -0.2) is 58.4 Å². The second-order valence-corrected chi connectivity index (χ2v) is 10.1. The van der Waals surface area contributed by atoms with E-state index in [2.05, 4.69) is 15.0 Å². The van der Waals surface area contributed by atoms with Gasteiger partial charge in [0.25, 0.3) is 5.91 Å². The normalized spacial score (nSPS) is 18.0. The molecule has 0 aliphatic carbocycles. The molecule has 0 N–H and O–H groups in total. The Kier molecular flexibility index (Phi) is 5.02. The number of hydrogen-bond donors (Lipinski definition) is 0. The van der Waals surface area contributed by atoms with Crippen LogP contribution in [0.4, 0.5) is 10.1 Å². The van der Waals surface area contributed by atoms with Crippen molar-refractivity contribution < 1.29 is 13.9 Å². The van der Waals surface area contributed by atoms with Crippen LogP contribution in [0.3, 0.4) is 0 Å². The largest absolute Gasteiger partial charge is 0.489 e. The van der Waals surface area contributed by atoms with Crippen LogP contribution in [0.1, 0.15) is 26.6 Å². The van der Waals surface area contributed by atoms with Crippen molar-refractivity contribution >= 4 is 33.1 Å². The topological polar surface area (TPSA) is 63.5 Å². The Hall–Kier alpha value is -3.46. The highest BCUT2D eigenvalue weighted by Crippen LogP contribution is 2.40. The minimum Gasteiger partial charge on any atom is -0.489 e. The monoisotopic (exact) mass is 477 g/mol. The van der Waals surface area contributed by atoms with Gasteiger partial charge in [0.1, 0.15) is 18.2 Å². The molecule has 0 fully saturated rings. The summed E-state index contributed by atoms with van der Waals surface area (Å²) in [6.45, 7) is 3.97. The molecule has 1 atom stereocenters. The number of anilines is 1. The van der Waals surface area contributed by atoms with E-state index in [0.29, 0.717) is 43.9 Å². The number of fused-ring (bicyclic) bond motifs is 4. The maximum Gasteiger partial charge on any atom is 0.275 e. The molecule has 2 aliphatic heterocycles. The van der Waals surface area contributed by atoms with Crippen LogP contribution in [0, 0.1) is 12.7 Å². The predicted octanol–water partition coefficient (Wildman–Crippen LogP) is 3.88. The number of amides is 1. The Morgan fingerprint density at radius 2 is 2.09 bits per heavy atom. The van der Waals surface area contributed by atoms with E-state index in [1.807, 2.05) is 37.2 Å². The standard InChI is InChI=1S/C25H24FN5O2S/c1-15-27-20-7-8-21-23(24(20)34-15)29(2)13-18(14-33-21)31-10-9-17-12-30(28-22(17)25(31)32)11-16-5-3-4-6-19(16)26/h3-8,12,18H,9-11,13-14H2,1-2H3/t18-/m0/s1. The molecule has 34 heavy (non-hydrogen) atoms. The number of nitrogens with zero attached hydrogens (tertiary/aromatic N) is 5. The number of carbonyl (C=O) groups is 1. The van der Waals surface area contributed by atoms with Gasteiger partial charge >= 0.3 is 0 Å². The van der Waals surface area contributed by atoms with Gasteiger partial charge in [-0.05, 0) is 31.5 Å². The molecular weight excluding hydrogens is 453 g/mol. The first-order valence-corrected chi connectivity index (χ1v) is 12.1. The summed E-state index contributed by atoms with van der Waals surface area (Å²) in [6.07, 6.45) is 2.58. The van der Waals surface area contributed by atoms with Gasteiger partial charge in [-0.1, -0.05) is 18.2 Å². The third-order valence-electron chi connectivity index (χ3n) is 6.55. The minimum absolute atomic E-state index is 0.0970. The average molecular weight is 478 g/mol. The number of benzene rings is 2. The van der Waals surface area contributed by atoms with Gasteiger partial charge in [-0.3, -0.25) is 9.48 Å². The van der Waals surface area contributed by atoms with Crippen LogP contribution in [0.15, 0.2) is 42.6 Å². The fourth-order valence-corrected chi connectivity index (χ4v) is 5.93. The Bertz CT molecular complexity index is 1410. The molecule has 7 nitrogen and oxygen atoms in total. The highest BCUT2D eigenvalue weighted by Gasteiger charge is 2.35. The van der Waals surface area contributed by atoms with Crippen LogP contribution >= 0.6 is 11.3 Å². The van der Waals surface area contributed by atoms with E-state index in [-0.39, 0.29) is 17.8 Å². The maximum atomic E-state index is 14.1.